The van der Waals surface area contributed by atoms with Crippen LogP contribution < -0.4 is 15.2 Å². The molecule has 0 radical (unpaired) electrons. The van der Waals surface area contributed by atoms with E-state index in [9.17, 15) is 10.1 Å². The molecule has 0 amide bonds. The Morgan fingerprint density at radius 2 is 0.940 bits per heavy atom. The summed E-state index contributed by atoms with van der Waals surface area (Å²) in [4.78, 5) is 10.3. The normalized spacial score (nSPS) is 27.9. The molecule has 4 fully saturated rings. The second-order valence-corrected chi connectivity index (χ2v) is 12.5. The van der Waals surface area contributed by atoms with Crippen LogP contribution in [-0.4, -0.2) is 80.2 Å². The molecule has 4 heterocycles. The van der Waals surface area contributed by atoms with E-state index in [0.29, 0.717) is 45.4 Å². The van der Waals surface area contributed by atoms with Crippen LogP contribution in [-0.2, 0) is 41.6 Å². The highest BCUT2D eigenvalue weighted by Crippen LogP contribution is 2.33. The van der Waals surface area contributed by atoms with Crippen LogP contribution in [0.5, 0.6) is 11.5 Å². The minimum absolute atomic E-state index is 0.0318. The summed E-state index contributed by atoms with van der Waals surface area (Å²) in [6, 6.07) is 33.5. The Balaban J connectivity index is 0.000000157. The zero-order valence-electron chi connectivity index (χ0n) is 27.4. The molecule has 2 unspecified atom stereocenters. The lowest BCUT2D eigenvalue weighted by Gasteiger charge is -2.18. The number of anilines is 1. The molecular weight excluding hydrogens is 644 g/mol. The molecule has 2 N–H and O–H groups in total. The van der Waals surface area contributed by atoms with Gasteiger partial charge in [-0.25, -0.2) is 0 Å². The Kier molecular flexibility index (Phi) is 10.8. The summed E-state index contributed by atoms with van der Waals surface area (Å²) >= 11 is 0. The Morgan fingerprint density at radius 1 is 0.560 bits per heavy atom. The summed E-state index contributed by atoms with van der Waals surface area (Å²) in [5, 5.41) is 10.7. The maximum atomic E-state index is 10.7. The third kappa shape index (κ3) is 8.24. The quantitative estimate of drug-likeness (QED) is 0.128. The lowest BCUT2D eigenvalue weighted by Crippen LogP contribution is -2.35. The third-order valence-electron chi connectivity index (χ3n) is 9.04. The topological polar surface area (TPSA) is 143 Å². The van der Waals surface area contributed by atoms with E-state index in [2.05, 4.69) is 12.1 Å². The summed E-state index contributed by atoms with van der Waals surface area (Å²) in [6.07, 6.45) is -1.11. The van der Waals surface area contributed by atoms with Gasteiger partial charge in [-0.1, -0.05) is 60.7 Å². The maximum Gasteiger partial charge on any atom is 0.269 e. The van der Waals surface area contributed by atoms with Crippen molar-refractivity contribution >= 4 is 11.4 Å². The third-order valence-corrected chi connectivity index (χ3v) is 9.04. The predicted molar refractivity (Wildman–Crippen MR) is 182 cm³/mol. The zero-order valence-corrected chi connectivity index (χ0v) is 27.4. The molecule has 262 valence electrons. The number of hydrogen-bond donors (Lipinski definition) is 1. The summed E-state index contributed by atoms with van der Waals surface area (Å²) in [7, 11) is 0. The van der Waals surface area contributed by atoms with Gasteiger partial charge in [0, 0.05) is 17.8 Å². The van der Waals surface area contributed by atoms with Gasteiger partial charge in [-0.3, -0.25) is 10.1 Å². The second-order valence-electron chi connectivity index (χ2n) is 12.5. The Hall–Kier alpha value is -4.56. The molecule has 0 aliphatic carbocycles. The van der Waals surface area contributed by atoms with Crippen LogP contribution in [0.2, 0.25) is 0 Å². The summed E-state index contributed by atoms with van der Waals surface area (Å²) < 4.78 is 47.3. The smallest absolute Gasteiger partial charge is 0.269 e. The number of non-ortho nitro benzene ring substituents is 1. The number of nitro groups is 1. The van der Waals surface area contributed by atoms with E-state index in [1.807, 2.05) is 72.8 Å². The molecule has 0 saturated carbocycles. The van der Waals surface area contributed by atoms with E-state index in [0.717, 1.165) is 22.6 Å². The molecule has 4 aliphatic heterocycles. The van der Waals surface area contributed by atoms with E-state index in [1.54, 1.807) is 12.1 Å². The van der Waals surface area contributed by atoms with Crippen LogP contribution in [0, 0.1) is 10.1 Å². The number of nitrogen functional groups attached to an aromatic ring is 1. The molecule has 8 atom stereocenters. The van der Waals surface area contributed by atoms with Crippen LogP contribution in [0.3, 0.4) is 0 Å². The first kappa shape index (κ1) is 33.9. The largest absolute Gasteiger partial charge is 0.485 e. The lowest BCUT2D eigenvalue weighted by atomic mass is 10.1. The van der Waals surface area contributed by atoms with Gasteiger partial charge in [-0.15, -0.1) is 0 Å². The van der Waals surface area contributed by atoms with Gasteiger partial charge < -0.3 is 43.6 Å². The van der Waals surface area contributed by atoms with Crippen molar-refractivity contribution < 1.29 is 42.8 Å². The minimum atomic E-state index is -0.437. The van der Waals surface area contributed by atoms with Crippen LogP contribution in [0.15, 0.2) is 109 Å². The van der Waals surface area contributed by atoms with Crippen molar-refractivity contribution in [2.75, 3.05) is 32.2 Å². The Labute approximate surface area is 290 Å². The number of ether oxygens (including phenoxy) is 8. The molecule has 4 saturated heterocycles. The molecule has 4 aromatic carbocycles. The molecule has 0 spiro atoms. The highest BCUT2D eigenvalue weighted by Gasteiger charge is 2.50. The van der Waals surface area contributed by atoms with Gasteiger partial charge >= 0.3 is 0 Å². The predicted octanol–water partition coefficient (Wildman–Crippen LogP) is 5.12. The molecule has 12 heteroatoms. The van der Waals surface area contributed by atoms with E-state index < -0.39 is 4.92 Å². The standard InChI is InChI=1S/C19H19NO6.C19H21NO4/c21-20(22)14-6-8-15(9-7-14)26-17-12-25-18-16(11-24-19(17)18)23-10-13-4-2-1-3-5-13;20-14-6-8-15(9-7-14)24-17-12-23-18-16(11-22-19(17)18)21-10-13-4-2-1-3-5-13/h1-9,16-19H,10-12H2;1-9,16-19H,10-12,20H2/t2*16-,17?,18+,19+/m00/s1. The highest BCUT2D eigenvalue weighted by molar-refractivity contribution is 5.41. The van der Waals surface area contributed by atoms with Crippen molar-refractivity contribution in [1.82, 2.24) is 0 Å². The molecule has 4 aromatic rings. The van der Waals surface area contributed by atoms with E-state index in [-0.39, 0.29) is 54.5 Å². The van der Waals surface area contributed by atoms with Crippen molar-refractivity contribution in [3.05, 3.63) is 130 Å². The first-order chi connectivity index (χ1) is 24.5. The molecule has 0 bridgehead atoms. The average Bonchev–Trinajstić information content (AvgIpc) is 3.94. The van der Waals surface area contributed by atoms with Crippen LogP contribution in [0.1, 0.15) is 11.1 Å². The first-order valence-electron chi connectivity index (χ1n) is 16.7. The first-order valence-corrected chi connectivity index (χ1v) is 16.7. The number of nitrogens with zero attached hydrogens (tertiary/aromatic N) is 1. The van der Waals surface area contributed by atoms with E-state index >= 15 is 0 Å². The van der Waals surface area contributed by atoms with Gasteiger partial charge in [-0.05, 0) is 47.5 Å². The van der Waals surface area contributed by atoms with Gasteiger partial charge in [0.05, 0.1) is 44.6 Å². The SMILES string of the molecule is Nc1ccc(OC2CO[C@@H]3[C@@H](OCc4ccccc4)CO[C@H]23)cc1.O=[N+]([O-])c1ccc(OC2CO[C@@H]3[C@@H](OCc4ccccc4)CO[C@H]23)cc1. The highest BCUT2D eigenvalue weighted by atomic mass is 16.7. The second kappa shape index (κ2) is 16.0. The van der Waals surface area contributed by atoms with Crippen molar-refractivity contribution in [2.45, 2.75) is 62.0 Å². The molecule has 12 nitrogen and oxygen atoms in total. The molecule has 8 rings (SSSR count). The molecule has 0 aromatic heterocycles. The van der Waals surface area contributed by atoms with Gasteiger partial charge in [0.1, 0.15) is 48.1 Å². The number of nitrogens with two attached hydrogens (primary N) is 1. The number of rotatable bonds is 11. The van der Waals surface area contributed by atoms with E-state index in [1.165, 1.54) is 12.1 Å². The summed E-state index contributed by atoms with van der Waals surface area (Å²) in [5.74, 6) is 1.33. The van der Waals surface area contributed by atoms with Gasteiger partial charge in [0.2, 0.25) is 0 Å². The summed E-state index contributed by atoms with van der Waals surface area (Å²) in [5.41, 5.74) is 8.70. The van der Waals surface area contributed by atoms with Gasteiger partial charge in [0.15, 0.2) is 12.2 Å². The zero-order chi connectivity index (χ0) is 34.3. The number of benzene rings is 4. The van der Waals surface area contributed by atoms with Crippen molar-refractivity contribution in [1.29, 1.82) is 0 Å². The fourth-order valence-electron chi connectivity index (χ4n) is 6.44. The van der Waals surface area contributed by atoms with Crippen LogP contribution in [0.25, 0.3) is 0 Å². The van der Waals surface area contributed by atoms with Crippen molar-refractivity contribution in [3.63, 3.8) is 0 Å². The number of nitro benzene ring substituents is 1. The van der Waals surface area contributed by atoms with Gasteiger partial charge in [-0.2, -0.15) is 0 Å². The van der Waals surface area contributed by atoms with Crippen LogP contribution >= 0.6 is 0 Å². The van der Waals surface area contributed by atoms with Crippen molar-refractivity contribution in [3.8, 4) is 11.5 Å². The fourth-order valence-corrected chi connectivity index (χ4v) is 6.44. The average molecular weight is 685 g/mol. The minimum Gasteiger partial charge on any atom is -0.485 e. The van der Waals surface area contributed by atoms with Crippen LogP contribution in [0.4, 0.5) is 11.4 Å². The fraction of sp³-hybridized carbons (Fsp3) is 0.368. The monoisotopic (exact) mass is 684 g/mol. The Morgan fingerprint density at radius 3 is 1.36 bits per heavy atom. The summed E-state index contributed by atoms with van der Waals surface area (Å²) in [6.45, 7) is 2.97. The molecule has 4 aliphatic rings. The number of fused-ring (bicyclic) bond motifs is 2. The maximum absolute atomic E-state index is 10.7. The molecule has 50 heavy (non-hydrogen) atoms. The van der Waals surface area contributed by atoms with Crippen molar-refractivity contribution in [2.24, 2.45) is 0 Å². The lowest BCUT2D eigenvalue weighted by molar-refractivity contribution is -0.384. The number of hydrogen-bond acceptors (Lipinski definition) is 11. The Bertz CT molecular complexity index is 1660. The van der Waals surface area contributed by atoms with E-state index in [4.69, 9.17) is 43.6 Å². The van der Waals surface area contributed by atoms with Gasteiger partial charge in [0.25, 0.3) is 5.69 Å². The molecular formula is C38H40N2O10.